The topological polar surface area (TPSA) is 67.8 Å². The van der Waals surface area contributed by atoms with Crippen LogP contribution in [0, 0.1) is 0 Å². The minimum absolute atomic E-state index is 0.118. The van der Waals surface area contributed by atoms with Crippen molar-refractivity contribution in [1.29, 1.82) is 0 Å². The van der Waals surface area contributed by atoms with Crippen LogP contribution in [0.1, 0.15) is 75.3 Å². The van der Waals surface area contributed by atoms with Crippen LogP contribution >= 0.6 is 0 Å². The minimum atomic E-state index is -0.354. The van der Waals surface area contributed by atoms with Crippen LogP contribution in [-0.4, -0.2) is 24.7 Å². The highest BCUT2D eigenvalue weighted by Gasteiger charge is 2.43. The fraction of sp³-hybridized carbons (Fsp3) is 0.364. The van der Waals surface area contributed by atoms with Gasteiger partial charge in [0, 0.05) is 17.3 Å². The lowest BCUT2D eigenvalue weighted by Gasteiger charge is -2.42. The van der Waals surface area contributed by atoms with E-state index in [9.17, 15) is 9.90 Å². The summed E-state index contributed by atoms with van der Waals surface area (Å²) in [6.07, 6.45) is 5.64. The lowest BCUT2D eigenvalue weighted by Crippen LogP contribution is -2.35. The zero-order valence-corrected chi connectivity index (χ0v) is 23.1. The molecule has 1 heterocycles. The van der Waals surface area contributed by atoms with Crippen molar-refractivity contribution in [3.63, 3.8) is 0 Å². The number of nitrogens with one attached hydrogen (secondary N) is 1. The number of benzene rings is 3. The Morgan fingerprint density at radius 3 is 2.29 bits per heavy atom. The molecule has 1 atom stereocenters. The molecule has 0 saturated heterocycles. The van der Waals surface area contributed by atoms with Crippen LogP contribution in [0.4, 0.5) is 5.69 Å². The highest BCUT2D eigenvalue weighted by atomic mass is 16.5. The molecule has 198 valence electrons. The van der Waals surface area contributed by atoms with E-state index in [0.717, 1.165) is 23.3 Å². The van der Waals surface area contributed by atoms with Gasteiger partial charge in [0.15, 0.2) is 11.5 Å². The predicted molar refractivity (Wildman–Crippen MR) is 152 cm³/mol. The van der Waals surface area contributed by atoms with Gasteiger partial charge in [0.25, 0.3) is 0 Å². The molecular weight excluding hydrogens is 474 g/mol. The SMILES string of the molecule is COc1cc(C=CC(=O)Nc2ccc(O)cc2)cc2c1OCC2(C)c1ccc2c(c1)C(C)(C)CCC2(C)C. The lowest BCUT2D eigenvalue weighted by molar-refractivity contribution is -0.111. The van der Waals surface area contributed by atoms with E-state index >= 15 is 0 Å². The summed E-state index contributed by atoms with van der Waals surface area (Å²) in [5.74, 6) is 1.32. The van der Waals surface area contributed by atoms with Gasteiger partial charge in [-0.1, -0.05) is 45.9 Å². The maximum atomic E-state index is 12.5. The minimum Gasteiger partial charge on any atom is -0.508 e. The Hall–Kier alpha value is -3.73. The summed E-state index contributed by atoms with van der Waals surface area (Å²) in [5.41, 5.74) is 6.55. The number of rotatable bonds is 5. The number of fused-ring (bicyclic) bond motifs is 2. The van der Waals surface area contributed by atoms with Gasteiger partial charge in [-0.2, -0.15) is 0 Å². The zero-order valence-electron chi connectivity index (χ0n) is 23.1. The Bertz CT molecular complexity index is 1420. The molecule has 3 aromatic carbocycles. The summed E-state index contributed by atoms with van der Waals surface area (Å²) < 4.78 is 12.0. The number of carbonyl (C=O) groups excluding carboxylic acids is 1. The molecule has 0 saturated carbocycles. The van der Waals surface area contributed by atoms with Crippen molar-refractivity contribution in [2.75, 3.05) is 19.0 Å². The second-order valence-electron chi connectivity index (χ2n) is 12.1. The number of anilines is 1. The summed E-state index contributed by atoms with van der Waals surface area (Å²) in [7, 11) is 1.64. The summed E-state index contributed by atoms with van der Waals surface area (Å²) in [6, 6.07) is 17.4. The first kappa shape index (κ1) is 25.9. The van der Waals surface area contributed by atoms with Crippen molar-refractivity contribution in [1.82, 2.24) is 0 Å². The molecular formula is C33H37NO4. The van der Waals surface area contributed by atoms with E-state index in [-0.39, 0.29) is 27.9 Å². The molecule has 0 aromatic heterocycles. The first-order valence-corrected chi connectivity index (χ1v) is 13.2. The van der Waals surface area contributed by atoms with Crippen LogP contribution in [0.2, 0.25) is 0 Å². The normalized spacial score (nSPS) is 20.9. The number of amides is 1. The molecule has 5 rings (SSSR count). The number of aromatic hydroxyl groups is 1. The maximum Gasteiger partial charge on any atom is 0.248 e. The molecule has 3 aromatic rings. The number of phenolic OH excluding ortho intramolecular Hbond substituents is 1. The Balaban J connectivity index is 1.49. The van der Waals surface area contributed by atoms with Gasteiger partial charge in [-0.3, -0.25) is 4.79 Å². The molecule has 2 aliphatic rings. The van der Waals surface area contributed by atoms with Gasteiger partial charge in [-0.15, -0.1) is 0 Å². The summed E-state index contributed by atoms with van der Waals surface area (Å²) in [5, 5.41) is 12.3. The molecule has 1 amide bonds. The Kier molecular flexibility index (Phi) is 6.29. The average Bonchev–Trinajstić information content (AvgIpc) is 3.24. The van der Waals surface area contributed by atoms with Crippen molar-refractivity contribution in [2.24, 2.45) is 0 Å². The van der Waals surface area contributed by atoms with Crippen LogP contribution in [0.15, 0.2) is 60.7 Å². The zero-order chi connectivity index (χ0) is 27.3. The van der Waals surface area contributed by atoms with E-state index < -0.39 is 0 Å². The van der Waals surface area contributed by atoms with Gasteiger partial charge < -0.3 is 19.9 Å². The van der Waals surface area contributed by atoms with E-state index in [4.69, 9.17) is 9.47 Å². The third-order valence-electron chi connectivity index (χ3n) is 8.45. The fourth-order valence-electron chi connectivity index (χ4n) is 5.80. The van der Waals surface area contributed by atoms with Gasteiger partial charge in [0.2, 0.25) is 5.91 Å². The molecule has 38 heavy (non-hydrogen) atoms. The number of ether oxygens (including phenoxy) is 2. The summed E-state index contributed by atoms with van der Waals surface area (Å²) in [4.78, 5) is 12.5. The molecule has 1 aliphatic carbocycles. The lowest BCUT2D eigenvalue weighted by atomic mass is 9.62. The first-order valence-electron chi connectivity index (χ1n) is 13.2. The third-order valence-corrected chi connectivity index (χ3v) is 8.45. The number of phenols is 1. The van der Waals surface area contributed by atoms with Gasteiger partial charge in [0.1, 0.15) is 12.4 Å². The van der Waals surface area contributed by atoms with Crippen LogP contribution in [0.5, 0.6) is 17.2 Å². The van der Waals surface area contributed by atoms with Crippen molar-refractivity contribution in [3.8, 4) is 17.2 Å². The van der Waals surface area contributed by atoms with Crippen LogP contribution in [0.3, 0.4) is 0 Å². The van der Waals surface area contributed by atoms with E-state index in [2.05, 4.69) is 64.2 Å². The van der Waals surface area contributed by atoms with Crippen LogP contribution < -0.4 is 14.8 Å². The van der Waals surface area contributed by atoms with Crippen molar-refractivity contribution < 1.29 is 19.4 Å². The standard InChI is InChI=1S/C33H37NO4/c1-31(2)15-16-32(3,4)26-19-22(8-13-25(26)31)33(5)20-38-30-27(33)17-21(18-28(30)37-6)7-14-29(36)34-23-9-11-24(35)12-10-23/h7-14,17-19,35H,15-16,20H2,1-6H3,(H,34,36). The van der Waals surface area contributed by atoms with E-state index in [1.807, 2.05) is 6.07 Å². The third kappa shape index (κ3) is 4.55. The highest BCUT2D eigenvalue weighted by Crippen LogP contribution is 2.51. The van der Waals surface area contributed by atoms with Gasteiger partial charge in [0.05, 0.1) is 12.5 Å². The van der Waals surface area contributed by atoms with Crippen LogP contribution in [0.25, 0.3) is 6.08 Å². The molecule has 5 heteroatoms. The molecule has 2 N–H and O–H groups in total. The second kappa shape index (κ2) is 9.23. The largest absolute Gasteiger partial charge is 0.508 e. The maximum absolute atomic E-state index is 12.5. The molecule has 0 spiro atoms. The Morgan fingerprint density at radius 1 is 0.921 bits per heavy atom. The predicted octanol–water partition coefficient (Wildman–Crippen LogP) is 7.10. The first-order chi connectivity index (χ1) is 17.9. The number of hydrogen-bond donors (Lipinski definition) is 2. The smallest absolute Gasteiger partial charge is 0.248 e. The molecule has 0 bridgehead atoms. The van der Waals surface area contributed by atoms with Crippen molar-refractivity contribution in [2.45, 2.75) is 63.7 Å². The molecule has 0 fully saturated rings. The molecule has 5 nitrogen and oxygen atoms in total. The second-order valence-corrected chi connectivity index (χ2v) is 12.1. The van der Waals surface area contributed by atoms with Crippen molar-refractivity contribution in [3.05, 3.63) is 88.5 Å². The number of methoxy groups -OCH3 is 1. The Labute approximate surface area is 225 Å². The van der Waals surface area contributed by atoms with Gasteiger partial charge in [-0.25, -0.2) is 0 Å². The quantitative estimate of drug-likeness (QED) is 0.283. The molecule has 1 aliphatic heterocycles. The van der Waals surface area contributed by atoms with Gasteiger partial charge >= 0.3 is 0 Å². The molecule has 0 radical (unpaired) electrons. The average molecular weight is 512 g/mol. The van der Waals surface area contributed by atoms with E-state index in [0.29, 0.717) is 18.0 Å². The fourth-order valence-corrected chi connectivity index (χ4v) is 5.80. The van der Waals surface area contributed by atoms with E-state index in [1.54, 1.807) is 25.3 Å². The number of hydrogen-bond acceptors (Lipinski definition) is 4. The monoisotopic (exact) mass is 511 g/mol. The number of carbonyl (C=O) groups is 1. The summed E-state index contributed by atoms with van der Waals surface area (Å²) in [6.45, 7) is 12.1. The van der Waals surface area contributed by atoms with E-state index in [1.165, 1.54) is 41.3 Å². The van der Waals surface area contributed by atoms with Gasteiger partial charge in [-0.05, 0) is 95.3 Å². The van der Waals surface area contributed by atoms with Crippen molar-refractivity contribution >= 4 is 17.7 Å². The highest BCUT2D eigenvalue weighted by molar-refractivity contribution is 6.02. The molecule has 1 unspecified atom stereocenters. The Morgan fingerprint density at radius 2 is 1.61 bits per heavy atom. The summed E-state index contributed by atoms with van der Waals surface area (Å²) >= 11 is 0. The van der Waals surface area contributed by atoms with Crippen LogP contribution in [-0.2, 0) is 21.0 Å².